The Kier molecular flexibility index (Phi) is 9.19. The maximum absolute atomic E-state index is 2.49. The van der Waals surface area contributed by atoms with Crippen molar-refractivity contribution in [2.75, 3.05) is 50.8 Å². The highest BCUT2D eigenvalue weighted by Crippen LogP contribution is 2.38. The molecule has 0 aliphatic heterocycles. The summed E-state index contributed by atoms with van der Waals surface area (Å²) in [5.41, 5.74) is 0. The minimum absolute atomic E-state index is 1.14. The van der Waals surface area contributed by atoms with Crippen LogP contribution in [0.5, 0.6) is 0 Å². The summed E-state index contributed by atoms with van der Waals surface area (Å²) in [4.78, 5) is 7.77. The predicted molar refractivity (Wildman–Crippen MR) is 136 cm³/mol. The van der Waals surface area contributed by atoms with Gasteiger partial charge in [0.25, 0.3) is 0 Å². The summed E-state index contributed by atoms with van der Waals surface area (Å²) in [5.74, 6) is 2.31. The zero-order valence-corrected chi connectivity index (χ0v) is 20.7. The van der Waals surface area contributed by atoms with Gasteiger partial charge in [-0.1, -0.05) is 27.7 Å². The van der Waals surface area contributed by atoms with Crippen molar-refractivity contribution in [2.45, 2.75) is 37.5 Å². The van der Waals surface area contributed by atoms with E-state index in [1.807, 2.05) is 34.9 Å². The lowest BCUT2D eigenvalue weighted by Gasteiger charge is -2.17. The summed E-state index contributed by atoms with van der Waals surface area (Å²) in [5, 5.41) is 2.84. The minimum Gasteiger partial charge on any atom is -0.303 e. The predicted octanol–water partition coefficient (Wildman–Crippen LogP) is 6.92. The Bertz CT molecular complexity index is 825. The van der Waals surface area contributed by atoms with Gasteiger partial charge in [0.05, 0.1) is 0 Å². The molecule has 0 aliphatic carbocycles. The van der Waals surface area contributed by atoms with E-state index >= 15 is 0 Å². The number of nitrogens with zero attached hydrogens (tertiary/aromatic N) is 2. The zero-order chi connectivity index (χ0) is 20.6. The molecule has 1 aromatic heterocycles. The van der Waals surface area contributed by atoms with Gasteiger partial charge in [-0.25, -0.2) is 0 Å². The molecule has 0 bridgehead atoms. The van der Waals surface area contributed by atoms with Crippen molar-refractivity contribution >= 4 is 55.0 Å². The van der Waals surface area contributed by atoms with Crippen molar-refractivity contribution in [3.63, 3.8) is 0 Å². The molecule has 29 heavy (non-hydrogen) atoms. The Labute approximate surface area is 189 Å². The molecule has 0 radical (unpaired) electrons. The van der Waals surface area contributed by atoms with E-state index in [0.717, 1.165) is 50.8 Å². The maximum Gasteiger partial charge on any atom is 0.0356 e. The third-order valence-corrected chi connectivity index (χ3v) is 8.65. The molecule has 2 aromatic carbocycles. The van der Waals surface area contributed by atoms with E-state index in [1.54, 1.807) is 0 Å². The SMILES string of the molecule is CCN(CC)CCSc1ccc2sc3ccc(SCCN(CC)CC)cc3c2c1. The summed E-state index contributed by atoms with van der Waals surface area (Å²) in [6, 6.07) is 14.0. The van der Waals surface area contributed by atoms with Gasteiger partial charge >= 0.3 is 0 Å². The van der Waals surface area contributed by atoms with E-state index in [4.69, 9.17) is 0 Å². The third kappa shape index (κ3) is 6.14. The second-order valence-corrected chi connectivity index (χ2v) is 10.6. The molecule has 0 atom stereocenters. The highest BCUT2D eigenvalue weighted by Gasteiger charge is 2.09. The first kappa shape index (κ1) is 23.0. The Hall–Kier alpha value is -0.720. The number of thioether (sulfide) groups is 2. The first-order valence-corrected chi connectivity index (χ1v) is 13.6. The van der Waals surface area contributed by atoms with Crippen LogP contribution in [-0.2, 0) is 0 Å². The first-order chi connectivity index (χ1) is 14.2. The molecule has 3 aromatic rings. The smallest absolute Gasteiger partial charge is 0.0356 e. The van der Waals surface area contributed by atoms with Gasteiger partial charge in [0.1, 0.15) is 0 Å². The number of hydrogen-bond acceptors (Lipinski definition) is 5. The molecule has 0 spiro atoms. The van der Waals surface area contributed by atoms with Gasteiger partial charge in [-0.2, -0.15) is 0 Å². The number of fused-ring (bicyclic) bond motifs is 3. The molecule has 0 unspecified atom stereocenters. The lowest BCUT2D eigenvalue weighted by molar-refractivity contribution is 0.324. The number of hydrogen-bond donors (Lipinski definition) is 0. The Balaban J connectivity index is 1.71. The largest absolute Gasteiger partial charge is 0.303 e. The topological polar surface area (TPSA) is 6.48 Å². The van der Waals surface area contributed by atoms with Gasteiger partial charge in [0.15, 0.2) is 0 Å². The van der Waals surface area contributed by atoms with Crippen LogP contribution in [0.15, 0.2) is 46.2 Å². The van der Waals surface area contributed by atoms with Crippen LogP contribution in [0.2, 0.25) is 0 Å². The average Bonchev–Trinajstić information content (AvgIpc) is 3.11. The maximum atomic E-state index is 2.49. The average molecular weight is 447 g/mol. The number of thiophene rings is 1. The van der Waals surface area contributed by atoms with Crippen LogP contribution in [0.1, 0.15) is 27.7 Å². The fraction of sp³-hybridized carbons (Fsp3) is 0.500. The van der Waals surface area contributed by atoms with Gasteiger partial charge in [0, 0.05) is 54.6 Å². The molecular formula is C24H34N2S3. The molecule has 0 fully saturated rings. The molecule has 0 N–H and O–H groups in total. The quantitative estimate of drug-likeness (QED) is 0.278. The van der Waals surface area contributed by atoms with Crippen molar-refractivity contribution in [3.8, 4) is 0 Å². The van der Waals surface area contributed by atoms with Crippen LogP contribution in [0.3, 0.4) is 0 Å². The molecule has 0 saturated carbocycles. The normalized spacial score (nSPS) is 12.1. The van der Waals surface area contributed by atoms with E-state index in [1.165, 1.54) is 30.0 Å². The van der Waals surface area contributed by atoms with Gasteiger partial charge in [-0.15, -0.1) is 34.9 Å². The molecule has 3 rings (SSSR count). The highest BCUT2D eigenvalue weighted by molar-refractivity contribution is 7.99. The van der Waals surface area contributed by atoms with Gasteiger partial charge in [0.2, 0.25) is 0 Å². The minimum atomic E-state index is 1.14. The molecular weight excluding hydrogens is 412 g/mol. The van der Waals surface area contributed by atoms with Crippen LogP contribution in [0, 0.1) is 0 Å². The summed E-state index contributed by atoms with van der Waals surface area (Å²) < 4.78 is 2.80. The zero-order valence-electron chi connectivity index (χ0n) is 18.2. The van der Waals surface area contributed by atoms with Crippen molar-refractivity contribution in [1.29, 1.82) is 0 Å². The third-order valence-electron chi connectivity index (χ3n) is 5.55. The van der Waals surface area contributed by atoms with E-state index in [2.05, 4.69) is 73.9 Å². The Morgan fingerprint density at radius 3 is 1.45 bits per heavy atom. The lowest BCUT2D eigenvalue weighted by Crippen LogP contribution is -2.25. The van der Waals surface area contributed by atoms with E-state index in [-0.39, 0.29) is 0 Å². The summed E-state index contributed by atoms with van der Waals surface area (Å²) in [7, 11) is 0. The van der Waals surface area contributed by atoms with Gasteiger partial charge in [-0.05, 0) is 62.6 Å². The molecule has 0 aliphatic rings. The Morgan fingerprint density at radius 1 is 0.655 bits per heavy atom. The van der Waals surface area contributed by atoms with E-state index in [9.17, 15) is 0 Å². The molecule has 0 amide bonds. The van der Waals surface area contributed by atoms with E-state index < -0.39 is 0 Å². The van der Waals surface area contributed by atoms with Crippen molar-refractivity contribution < 1.29 is 0 Å². The first-order valence-electron chi connectivity index (χ1n) is 10.8. The lowest BCUT2D eigenvalue weighted by atomic mass is 10.1. The number of benzene rings is 2. The second kappa shape index (κ2) is 11.6. The molecule has 158 valence electrons. The standard InChI is InChI=1S/C24H34N2S3/c1-5-25(6-2)13-15-27-19-9-11-23-21(17-19)22-18-20(10-12-24(22)29-23)28-16-14-26(7-3)8-4/h9-12,17-18H,5-8,13-16H2,1-4H3. The fourth-order valence-electron chi connectivity index (χ4n) is 3.58. The van der Waals surface area contributed by atoms with Gasteiger partial charge < -0.3 is 9.80 Å². The monoisotopic (exact) mass is 446 g/mol. The number of rotatable bonds is 12. The van der Waals surface area contributed by atoms with Crippen LogP contribution < -0.4 is 0 Å². The summed E-state index contributed by atoms with van der Waals surface area (Å²) in [6.45, 7) is 15.9. The van der Waals surface area contributed by atoms with Crippen molar-refractivity contribution in [1.82, 2.24) is 9.80 Å². The molecule has 1 heterocycles. The molecule has 0 saturated heterocycles. The highest BCUT2D eigenvalue weighted by atomic mass is 32.2. The molecule has 2 nitrogen and oxygen atoms in total. The van der Waals surface area contributed by atoms with Crippen molar-refractivity contribution in [2.24, 2.45) is 0 Å². The molecule has 5 heteroatoms. The van der Waals surface area contributed by atoms with E-state index in [0.29, 0.717) is 0 Å². The second-order valence-electron chi connectivity index (χ2n) is 7.17. The van der Waals surface area contributed by atoms with Crippen molar-refractivity contribution in [3.05, 3.63) is 36.4 Å². The van der Waals surface area contributed by atoms with Crippen LogP contribution in [0.25, 0.3) is 20.2 Å². The fourth-order valence-corrected chi connectivity index (χ4v) is 6.55. The van der Waals surface area contributed by atoms with Gasteiger partial charge in [-0.3, -0.25) is 0 Å². The van der Waals surface area contributed by atoms with Crippen LogP contribution >= 0.6 is 34.9 Å². The summed E-state index contributed by atoms with van der Waals surface area (Å²) >= 11 is 5.89. The van der Waals surface area contributed by atoms with Crippen LogP contribution in [0.4, 0.5) is 0 Å². The Morgan fingerprint density at radius 2 is 1.07 bits per heavy atom. The summed E-state index contributed by atoms with van der Waals surface area (Å²) in [6.07, 6.45) is 0. The van der Waals surface area contributed by atoms with Crippen LogP contribution in [-0.4, -0.2) is 60.6 Å².